The lowest BCUT2D eigenvalue weighted by Crippen LogP contribution is -2.03. The molecule has 0 amide bonds. The Morgan fingerprint density at radius 3 is 2.59 bits per heavy atom. The number of ketones is 1. The lowest BCUT2D eigenvalue weighted by Gasteiger charge is -2.04. The van der Waals surface area contributed by atoms with Crippen molar-refractivity contribution in [3.05, 3.63) is 62.3 Å². The summed E-state index contributed by atoms with van der Waals surface area (Å²) in [6.45, 7) is 1.92. The molecule has 0 spiro atoms. The molecular weight excluding hydrogens is 346 g/mol. The first kappa shape index (κ1) is 12.5. The van der Waals surface area contributed by atoms with Gasteiger partial charge in [-0.3, -0.25) is 9.78 Å². The molecule has 0 saturated carbocycles. The number of carbonyl (C=O) groups excluding carboxylic acids is 1. The van der Waals surface area contributed by atoms with Gasteiger partial charge in [0.25, 0.3) is 0 Å². The van der Waals surface area contributed by atoms with Crippen molar-refractivity contribution in [1.29, 1.82) is 0 Å². The van der Waals surface area contributed by atoms with Gasteiger partial charge in [-0.05, 0) is 52.7 Å². The van der Waals surface area contributed by atoms with E-state index in [1.165, 1.54) is 0 Å². The Balaban J connectivity index is 2.44. The van der Waals surface area contributed by atoms with Crippen LogP contribution in [0.2, 0.25) is 0 Å². The number of carbonyl (C=O) groups is 1. The maximum absolute atomic E-state index is 12.2. The summed E-state index contributed by atoms with van der Waals surface area (Å²) in [6.07, 6.45) is 3.32. The van der Waals surface area contributed by atoms with E-state index in [9.17, 15) is 4.79 Å². The molecule has 17 heavy (non-hydrogen) atoms. The normalized spacial score (nSPS) is 10.3. The van der Waals surface area contributed by atoms with Crippen LogP contribution in [0.4, 0.5) is 0 Å². The third kappa shape index (κ3) is 2.82. The molecule has 1 aromatic carbocycles. The van der Waals surface area contributed by atoms with E-state index in [0.717, 1.165) is 14.5 Å². The van der Waals surface area contributed by atoms with Crippen molar-refractivity contribution >= 4 is 37.6 Å². The second-order valence-electron chi connectivity index (χ2n) is 3.70. The van der Waals surface area contributed by atoms with Gasteiger partial charge in [0.15, 0.2) is 5.78 Å². The SMILES string of the molecule is Cc1cncc(C(=O)c2ccc(Br)cc2Br)c1. The van der Waals surface area contributed by atoms with Gasteiger partial charge in [0, 0.05) is 32.5 Å². The van der Waals surface area contributed by atoms with E-state index in [2.05, 4.69) is 36.8 Å². The van der Waals surface area contributed by atoms with Crippen LogP contribution < -0.4 is 0 Å². The van der Waals surface area contributed by atoms with Gasteiger partial charge >= 0.3 is 0 Å². The molecule has 4 heteroatoms. The molecule has 2 rings (SSSR count). The molecule has 0 fully saturated rings. The van der Waals surface area contributed by atoms with Gasteiger partial charge in [-0.15, -0.1) is 0 Å². The number of hydrogen-bond donors (Lipinski definition) is 0. The largest absolute Gasteiger partial charge is 0.289 e. The standard InChI is InChI=1S/C13H9Br2NO/c1-8-4-9(7-16-6-8)13(17)11-3-2-10(14)5-12(11)15/h2-7H,1H3. The summed E-state index contributed by atoms with van der Waals surface area (Å²) in [5.74, 6) is -0.0272. The van der Waals surface area contributed by atoms with E-state index in [1.807, 2.05) is 25.1 Å². The van der Waals surface area contributed by atoms with E-state index in [-0.39, 0.29) is 5.78 Å². The highest BCUT2D eigenvalue weighted by molar-refractivity contribution is 9.11. The predicted octanol–water partition coefficient (Wildman–Crippen LogP) is 4.15. The van der Waals surface area contributed by atoms with Crippen LogP contribution in [0.3, 0.4) is 0 Å². The van der Waals surface area contributed by atoms with Gasteiger partial charge in [0.1, 0.15) is 0 Å². The second-order valence-corrected chi connectivity index (χ2v) is 5.47. The monoisotopic (exact) mass is 353 g/mol. The van der Waals surface area contributed by atoms with Crippen LogP contribution in [0.15, 0.2) is 45.6 Å². The van der Waals surface area contributed by atoms with E-state index in [1.54, 1.807) is 18.5 Å². The van der Waals surface area contributed by atoms with E-state index >= 15 is 0 Å². The summed E-state index contributed by atoms with van der Waals surface area (Å²) in [7, 11) is 0. The molecule has 1 aromatic heterocycles. The van der Waals surface area contributed by atoms with Crippen molar-refractivity contribution in [1.82, 2.24) is 4.98 Å². The zero-order valence-electron chi connectivity index (χ0n) is 9.08. The van der Waals surface area contributed by atoms with Gasteiger partial charge in [-0.25, -0.2) is 0 Å². The Morgan fingerprint density at radius 2 is 1.94 bits per heavy atom. The summed E-state index contributed by atoms with van der Waals surface area (Å²) in [5, 5.41) is 0. The Morgan fingerprint density at radius 1 is 1.18 bits per heavy atom. The minimum atomic E-state index is -0.0272. The van der Waals surface area contributed by atoms with Crippen LogP contribution in [0.25, 0.3) is 0 Å². The molecule has 2 nitrogen and oxygen atoms in total. The Hall–Kier alpha value is -1.000. The topological polar surface area (TPSA) is 30.0 Å². The summed E-state index contributed by atoms with van der Waals surface area (Å²) in [6, 6.07) is 7.33. The molecule has 86 valence electrons. The fraction of sp³-hybridized carbons (Fsp3) is 0.0769. The summed E-state index contributed by atoms with van der Waals surface area (Å²) >= 11 is 6.75. The van der Waals surface area contributed by atoms with Gasteiger partial charge in [-0.1, -0.05) is 15.9 Å². The number of pyridine rings is 1. The highest BCUT2D eigenvalue weighted by atomic mass is 79.9. The van der Waals surface area contributed by atoms with Crippen molar-refractivity contribution < 1.29 is 4.79 Å². The molecule has 0 radical (unpaired) electrons. The van der Waals surface area contributed by atoms with Crippen LogP contribution in [0.1, 0.15) is 21.5 Å². The van der Waals surface area contributed by atoms with Crippen molar-refractivity contribution in [3.8, 4) is 0 Å². The average molecular weight is 355 g/mol. The average Bonchev–Trinajstić information content (AvgIpc) is 2.28. The fourth-order valence-electron chi connectivity index (χ4n) is 1.51. The second kappa shape index (κ2) is 5.10. The third-order valence-corrected chi connectivity index (χ3v) is 3.46. The number of hydrogen-bond acceptors (Lipinski definition) is 2. The zero-order chi connectivity index (χ0) is 12.4. The molecule has 2 aromatic rings. The Kier molecular flexibility index (Phi) is 3.74. The highest BCUT2D eigenvalue weighted by Crippen LogP contribution is 2.24. The smallest absolute Gasteiger partial charge is 0.195 e. The first-order valence-electron chi connectivity index (χ1n) is 4.99. The molecule has 0 aliphatic heterocycles. The first-order valence-corrected chi connectivity index (χ1v) is 6.58. The molecule has 0 bridgehead atoms. The molecule has 0 aliphatic carbocycles. The Labute approximate surface area is 116 Å². The van der Waals surface area contributed by atoms with Crippen LogP contribution in [-0.2, 0) is 0 Å². The molecule has 0 unspecified atom stereocenters. The molecule has 0 saturated heterocycles. The molecule has 0 N–H and O–H groups in total. The van der Waals surface area contributed by atoms with Crippen molar-refractivity contribution in [2.75, 3.05) is 0 Å². The molecular formula is C13H9Br2NO. The maximum Gasteiger partial charge on any atom is 0.195 e. The van der Waals surface area contributed by atoms with Crippen LogP contribution in [-0.4, -0.2) is 10.8 Å². The number of rotatable bonds is 2. The van der Waals surface area contributed by atoms with Crippen molar-refractivity contribution in [2.24, 2.45) is 0 Å². The fourth-order valence-corrected chi connectivity index (χ4v) is 2.74. The highest BCUT2D eigenvalue weighted by Gasteiger charge is 2.13. The van der Waals surface area contributed by atoms with Crippen LogP contribution in [0, 0.1) is 6.92 Å². The van der Waals surface area contributed by atoms with Crippen molar-refractivity contribution in [2.45, 2.75) is 6.92 Å². The number of nitrogens with zero attached hydrogens (tertiary/aromatic N) is 1. The number of benzene rings is 1. The number of halogens is 2. The number of aryl methyl sites for hydroxylation is 1. The van der Waals surface area contributed by atoms with Gasteiger partial charge in [-0.2, -0.15) is 0 Å². The predicted molar refractivity (Wildman–Crippen MR) is 74.2 cm³/mol. The lowest BCUT2D eigenvalue weighted by molar-refractivity contribution is 0.103. The van der Waals surface area contributed by atoms with Crippen molar-refractivity contribution in [3.63, 3.8) is 0 Å². The van der Waals surface area contributed by atoms with Gasteiger partial charge < -0.3 is 0 Å². The summed E-state index contributed by atoms with van der Waals surface area (Å²) in [5.41, 5.74) is 2.22. The van der Waals surface area contributed by atoms with E-state index in [4.69, 9.17) is 0 Å². The molecule has 0 atom stereocenters. The molecule has 0 aliphatic rings. The van der Waals surface area contributed by atoms with E-state index in [0.29, 0.717) is 11.1 Å². The summed E-state index contributed by atoms with van der Waals surface area (Å²) in [4.78, 5) is 16.3. The Bertz CT molecular complexity index is 581. The maximum atomic E-state index is 12.2. The van der Waals surface area contributed by atoms with E-state index < -0.39 is 0 Å². The zero-order valence-corrected chi connectivity index (χ0v) is 12.2. The minimum Gasteiger partial charge on any atom is -0.289 e. The lowest BCUT2D eigenvalue weighted by atomic mass is 10.0. The van der Waals surface area contributed by atoms with Gasteiger partial charge in [0.2, 0.25) is 0 Å². The third-order valence-electron chi connectivity index (χ3n) is 2.31. The van der Waals surface area contributed by atoms with Crippen LogP contribution >= 0.6 is 31.9 Å². The van der Waals surface area contributed by atoms with Crippen LogP contribution in [0.5, 0.6) is 0 Å². The minimum absolute atomic E-state index is 0.0272. The first-order chi connectivity index (χ1) is 8.08. The molecule has 1 heterocycles. The number of aromatic nitrogens is 1. The quantitative estimate of drug-likeness (QED) is 0.758. The summed E-state index contributed by atoms with van der Waals surface area (Å²) < 4.78 is 1.71. The van der Waals surface area contributed by atoms with Gasteiger partial charge in [0.05, 0.1) is 0 Å².